The van der Waals surface area contributed by atoms with E-state index in [1.165, 1.54) is 6.07 Å². The molecule has 2 rings (SSSR count). The van der Waals surface area contributed by atoms with Crippen molar-refractivity contribution in [1.29, 1.82) is 0 Å². The van der Waals surface area contributed by atoms with E-state index in [-0.39, 0.29) is 22.3 Å². The first-order valence-electron chi connectivity index (χ1n) is 7.91. The summed E-state index contributed by atoms with van der Waals surface area (Å²) in [6, 6.07) is 12.1. The summed E-state index contributed by atoms with van der Waals surface area (Å²) in [6.45, 7) is 8.02. The van der Waals surface area contributed by atoms with E-state index in [1.807, 2.05) is 12.1 Å². The number of hydrazine groups is 1. The number of aryl methyl sites for hydroxylation is 1. The van der Waals surface area contributed by atoms with Crippen molar-refractivity contribution in [3.63, 3.8) is 0 Å². The standard InChI is InChI=1S/C19H22FN3OS/c1-12-5-10-15(11-16(12)20)21-18(25)23-22-17(24)13-6-8-14(9-7-13)19(2,3)4/h5-11H,1-4H3,(H,22,24)(H2,21,23,25). The molecule has 0 unspecified atom stereocenters. The summed E-state index contributed by atoms with van der Waals surface area (Å²) < 4.78 is 13.5. The molecule has 25 heavy (non-hydrogen) atoms. The Bertz CT molecular complexity index is 782. The van der Waals surface area contributed by atoms with Crippen LogP contribution in [-0.2, 0) is 5.41 Å². The molecule has 0 fully saturated rings. The van der Waals surface area contributed by atoms with Crippen LogP contribution < -0.4 is 16.2 Å². The molecule has 4 nitrogen and oxygen atoms in total. The molecule has 0 aliphatic heterocycles. The van der Waals surface area contributed by atoms with E-state index < -0.39 is 0 Å². The molecule has 0 radical (unpaired) electrons. The molecule has 132 valence electrons. The highest BCUT2D eigenvalue weighted by Gasteiger charge is 2.14. The molecule has 0 aliphatic carbocycles. The minimum absolute atomic E-state index is 0.0298. The van der Waals surface area contributed by atoms with Crippen LogP contribution >= 0.6 is 12.2 Å². The van der Waals surface area contributed by atoms with Crippen molar-refractivity contribution >= 4 is 28.9 Å². The highest BCUT2D eigenvalue weighted by atomic mass is 32.1. The van der Waals surface area contributed by atoms with Gasteiger partial charge in [-0.05, 0) is 59.9 Å². The van der Waals surface area contributed by atoms with Crippen LogP contribution in [0.2, 0.25) is 0 Å². The number of rotatable bonds is 2. The zero-order valence-electron chi connectivity index (χ0n) is 14.7. The SMILES string of the molecule is Cc1ccc(NC(=S)NNC(=O)c2ccc(C(C)(C)C)cc2)cc1F. The summed E-state index contributed by atoms with van der Waals surface area (Å²) in [6.07, 6.45) is 0. The number of amides is 1. The summed E-state index contributed by atoms with van der Waals surface area (Å²) in [5, 5.41) is 2.98. The van der Waals surface area contributed by atoms with Gasteiger partial charge in [0.15, 0.2) is 5.11 Å². The number of anilines is 1. The molecule has 2 aromatic carbocycles. The van der Waals surface area contributed by atoms with Crippen LogP contribution in [0.25, 0.3) is 0 Å². The van der Waals surface area contributed by atoms with Gasteiger partial charge in [0.05, 0.1) is 0 Å². The highest BCUT2D eigenvalue weighted by Crippen LogP contribution is 2.22. The molecule has 0 atom stereocenters. The van der Waals surface area contributed by atoms with Crippen molar-refractivity contribution in [2.24, 2.45) is 0 Å². The van der Waals surface area contributed by atoms with E-state index >= 15 is 0 Å². The van der Waals surface area contributed by atoms with Gasteiger partial charge in [0, 0.05) is 11.3 Å². The fourth-order valence-electron chi connectivity index (χ4n) is 2.14. The topological polar surface area (TPSA) is 53.2 Å². The first kappa shape index (κ1) is 18.9. The lowest BCUT2D eigenvalue weighted by molar-refractivity contribution is 0.0944. The normalized spacial score (nSPS) is 10.9. The summed E-state index contributed by atoms with van der Waals surface area (Å²) in [5.74, 6) is -0.629. The third-order valence-electron chi connectivity index (χ3n) is 3.73. The van der Waals surface area contributed by atoms with E-state index in [4.69, 9.17) is 12.2 Å². The first-order valence-corrected chi connectivity index (χ1v) is 8.31. The van der Waals surface area contributed by atoms with Gasteiger partial charge in [-0.25, -0.2) is 4.39 Å². The number of hydrogen-bond acceptors (Lipinski definition) is 2. The maximum atomic E-state index is 13.5. The first-order chi connectivity index (χ1) is 11.7. The monoisotopic (exact) mass is 359 g/mol. The lowest BCUT2D eigenvalue weighted by Crippen LogP contribution is -2.43. The van der Waals surface area contributed by atoms with Gasteiger partial charge in [-0.15, -0.1) is 0 Å². The van der Waals surface area contributed by atoms with Gasteiger partial charge in [0.1, 0.15) is 5.82 Å². The molecular weight excluding hydrogens is 337 g/mol. The summed E-state index contributed by atoms with van der Waals surface area (Å²) >= 11 is 5.09. The zero-order valence-corrected chi connectivity index (χ0v) is 15.6. The number of thiocarbonyl (C=S) groups is 1. The van der Waals surface area contributed by atoms with Gasteiger partial charge in [-0.1, -0.05) is 39.0 Å². The second-order valence-electron chi connectivity index (χ2n) is 6.82. The lowest BCUT2D eigenvalue weighted by atomic mass is 9.87. The minimum Gasteiger partial charge on any atom is -0.331 e. The average Bonchev–Trinajstić information content (AvgIpc) is 2.55. The molecule has 0 aromatic heterocycles. The van der Waals surface area contributed by atoms with Crippen LogP contribution in [0.5, 0.6) is 0 Å². The predicted octanol–water partition coefficient (Wildman–Crippen LogP) is 4.06. The van der Waals surface area contributed by atoms with Gasteiger partial charge >= 0.3 is 0 Å². The Balaban J connectivity index is 1.90. The number of halogens is 1. The van der Waals surface area contributed by atoms with E-state index in [0.717, 1.165) is 5.56 Å². The summed E-state index contributed by atoms with van der Waals surface area (Å²) in [4.78, 5) is 12.1. The van der Waals surface area contributed by atoms with E-state index in [2.05, 4.69) is 36.9 Å². The summed E-state index contributed by atoms with van der Waals surface area (Å²) in [5.41, 5.74) is 7.88. The minimum atomic E-state index is -0.323. The molecule has 0 bridgehead atoms. The Morgan fingerprint density at radius 2 is 1.68 bits per heavy atom. The third kappa shape index (κ3) is 5.26. The Kier molecular flexibility index (Phi) is 5.74. The van der Waals surface area contributed by atoms with E-state index in [1.54, 1.807) is 31.2 Å². The van der Waals surface area contributed by atoms with Crippen molar-refractivity contribution in [1.82, 2.24) is 10.9 Å². The van der Waals surface area contributed by atoms with Crippen LogP contribution in [0.4, 0.5) is 10.1 Å². The molecule has 0 spiro atoms. The largest absolute Gasteiger partial charge is 0.331 e. The van der Waals surface area contributed by atoms with Gasteiger partial charge in [-0.3, -0.25) is 15.6 Å². The number of carbonyl (C=O) groups excluding carboxylic acids is 1. The fraction of sp³-hybridized carbons (Fsp3) is 0.263. The average molecular weight is 359 g/mol. The quantitative estimate of drug-likeness (QED) is 0.559. The van der Waals surface area contributed by atoms with Gasteiger partial charge in [0.25, 0.3) is 5.91 Å². The van der Waals surface area contributed by atoms with Crippen molar-refractivity contribution in [2.75, 3.05) is 5.32 Å². The molecular formula is C19H22FN3OS. The van der Waals surface area contributed by atoms with E-state index in [0.29, 0.717) is 16.8 Å². The zero-order chi connectivity index (χ0) is 18.6. The van der Waals surface area contributed by atoms with Crippen molar-refractivity contribution in [3.8, 4) is 0 Å². The number of nitrogens with one attached hydrogen (secondary N) is 3. The number of carbonyl (C=O) groups is 1. The van der Waals surface area contributed by atoms with E-state index in [9.17, 15) is 9.18 Å². The summed E-state index contributed by atoms with van der Waals surface area (Å²) in [7, 11) is 0. The van der Waals surface area contributed by atoms with Gasteiger partial charge < -0.3 is 5.32 Å². The Labute approximate surface area is 152 Å². The Morgan fingerprint density at radius 1 is 1.04 bits per heavy atom. The Hall–Kier alpha value is -2.47. The molecule has 1 amide bonds. The fourth-order valence-corrected chi connectivity index (χ4v) is 2.31. The molecule has 3 N–H and O–H groups in total. The van der Waals surface area contributed by atoms with Crippen LogP contribution in [-0.4, -0.2) is 11.0 Å². The third-order valence-corrected chi connectivity index (χ3v) is 3.94. The van der Waals surface area contributed by atoms with Crippen LogP contribution in [0, 0.1) is 12.7 Å². The molecule has 0 aliphatic rings. The molecule has 2 aromatic rings. The molecule has 0 saturated carbocycles. The maximum Gasteiger partial charge on any atom is 0.269 e. The second-order valence-corrected chi connectivity index (χ2v) is 7.23. The highest BCUT2D eigenvalue weighted by molar-refractivity contribution is 7.80. The van der Waals surface area contributed by atoms with Crippen LogP contribution in [0.3, 0.4) is 0 Å². The van der Waals surface area contributed by atoms with Crippen LogP contribution in [0.1, 0.15) is 42.3 Å². The van der Waals surface area contributed by atoms with Crippen molar-refractivity contribution in [2.45, 2.75) is 33.1 Å². The smallest absolute Gasteiger partial charge is 0.269 e. The maximum absolute atomic E-state index is 13.5. The van der Waals surface area contributed by atoms with Crippen LogP contribution in [0.15, 0.2) is 42.5 Å². The van der Waals surface area contributed by atoms with Crippen molar-refractivity contribution < 1.29 is 9.18 Å². The second kappa shape index (κ2) is 7.61. The molecule has 6 heteroatoms. The number of benzene rings is 2. The van der Waals surface area contributed by atoms with Crippen molar-refractivity contribution in [3.05, 3.63) is 65.0 Å². The van der Waals surface area contributed by atoms with Gasteiger partial charge in [0.2, 0.25) is 0 Å². The number of hydrogen-bond donors (Lipinski definition) is 3. The molecule has 0 heterocycles. The Morgan fingerprint density at radius 3 is 2.24 bits per heavy atom. The van der Waals surface area contributed by atoms with Gasteiger partial charge in [-0.2, -0.15) is 0 Å². The predicted molar refractivity (Wildman–Crippen MR) is 103 cm³/mol. The lowest BCUT2D eigenvalue weighted by Gasteiger charge is -2.19. The molecule has 0 saturated heterocycles.